The number of nitrogens with one attached hydrogen (secondary N) is 1. The fraction of sp³-hybridized carbons (Fsp3) is 0.167. The van der Waals surface area contributed by atoms with Crippen LogP contribution in [-0.4, -0.2) is 29.1 Å². The number of aromatic hydroxyl groups is 1. The van der Waals surface area contributed by atoms with Crippen molar-refractivity contribution in [3.63, 3.8) is 0 Å². The highest BCUT2D eigenvalue weighted by Crippen LogP contribution is 2.27. The number of benzene rings is 1. The number of amides is 1. The molecular weight excluding hydrogens is 372 g/mol. The molecule has 2 aromatic heterocycles. The van der Waals surface area contributed by atoms with Gasteiger partial charge in [0.15, 0.2) is 0 Å². The molecule has 0 aliphatic carbocycles. The summed E-state index contributed by atoms with van der Waals surface area (Å²) in [6.07, 6.45) is 0.0533. The molecule has 6 nitrogen and oxygen atoms in total. The Morgan fingerprint density at radius 2 is 2.00 bits per heavy atom. The number of hydrogen-bond acceptors (Lipinski definition) is 7. The summed E-state index contributed by atoms with van der Waals surface area (Å²) in [5.74, 6) is -0.579. The molecule has 26 heavy (non-hydrogen) atoms. The van der Waals surface area contributed by atoms with Crippen LogP contribution in [0, 0.1) is 0 Å². The van der Waals surface area contributed by atoms with Gasteiger partial charge in [0, 0.05) is 15.8 Å². The van der Waals surface area contributed by atoms with Gasteiger partial charge in [0.25, 0.3) is 5.91 Å². The Morgan fingerprint density at radius 1 is 1.23 bits per heavy atom. The van der Waals surface area contributed by atoms with E-state index >= 15 is 0 Å². The molecule has 3 aromatic rings. The Balaban J connectivity index is 1.75. The number of aromatic nitrogens is 1. The third kappa shape index (κ3) is 4.27. The van der Waals surface area contributed by atoms with Gasteiger partial charge in [0.05, 0.1) is 19.6 Å². The van der Waals surface area contributed by atoms with Crippen LogP contribution in [0.3, 0.4) is 0 Å². The number of methoxy groups -OCH3 is 1. The Morgan fingerprint density at radius 3 is 2.65 bits per heavy atom. The quantitative estimate of drug-likeness (QED) is 0.630. The van der Waals surface area contributed by atoms with Crippen molar-refractivity contribution in [1.29, 1.82) is 0 Å². The zero-order valence-corrected chi connectivity index (χ0v) is 15.5. The molecule has 2 N–H and O–H groups in total. The zero-order chi connectivity index (χ0) is 18.5. The molecule has 0 saturated heterocycles. The van der Waals surface area contributed by atoms with E-state index in [1.54, 1.807) is 29.6 Å². The molecule has 0 spiro atoms. The molecule has 2 heterocycles. The summed E-state index contributed by atoms with van der Waals surface area (Å²) in [5, 5.41) is 16.4. The van der Waals surface area contributed by atoms with Gasteiger partial charge in [0.2, 0.25) is 0 Å². The third-order valence-corrected chi connectivity index (χ3v) is 5.52. The average Bonchev–Trinajstić information content (AvgIpc) is 3.33. The highest BCUT2D eigenvalue weighted by atomic mass is 32.1. The highest BCUT2D eigenvalue weighted by Gasteiger charge is 2.22. The summed E-state index contributed by atoms with van der Waals surface area (Å²) >= 11 is 2.80. The van der Waals surface area contributed by atoms with Gasteiger partial charge in [-0.15, -0.1) is 22.7 Å². The summed E-state index contributed by atoms with van der Waals surface area (Å²) in [6, 6.07) is 9.88. The lowest BCUT2D eigenvalue weighted by Crippen LogP contribution is -2.30. The van der Waals surface area contributed by atoms with Crippen LogP contribution in [0.1, 0.15) is 27.8 Å². The van der Waals surface area contributed by atoms with Crippen molar-refractivity contribution in [3.05, 3.63) is 57.7 Å². The van der Waals surface area contributed by atoms with Crippen LogP contribution in [0.25, 0.3) is 10.6 Å². The van der Waals surface area contributed by atoms with Crippen LogP contribution in [0.15, 0.2) is 47.2 Å². The van der Waals surface area contributed by atoms with Crippen molar-refractivity contribution in [2.75, 3.05) is 7.11 Å². The number of nitrogens with zero attached hydrogens (tertiary/aromatic N) is 1. The number of ether oxygens (including phenoxy) is 1. The molecule has 1 atom stereocenters. The van der Waals surface area contributed by atoms with E-state index in [9.17, 15) is 14.7 Å². The molecule has 0 bridgehead atoms. The number of thiazole rings is 1. The van der Waals surface area contributed by atoms with Crippen molar-refractivity contribution >= 4 is 34.6 Å². The SMILES string of the molecule is COC(=O)C[C@@H](NC(=O)c1csc(-c2ccc(O)cc2)n1)c1cccs1. The molecule has 0 aliphatic heterocycles. The van der Waals surface area contributed by atoms with Gasteiger partial charge in [-0.1, -0.05) is 6.07 Å². The maximum atomic E-state index is 12.6. The number of rotatable bonds is 6. The fourth-order valence-corrected chi connectivity index (χ4v) is 3.89. The first-order chi connectivity index (χ1) is 12.6. The lowest BCUT2D eigenvalue weighted by Gasteiger charge is -2.15. The van der Waals surface area contributed by atoms with Crippen LogP contribution in [0.4, 0.5) is 0 Å². The number of esters is 1. The molecule has 3 rings (SSSR count). The van der Waals surface area contributed by atoms with Crippen molar-refractivity contribution in [2.24, 2.45) is 0 Å². The van der Waals surface area contributed by atoms with E-state index in [0.29, 0.717) is 5.01 Å². The summed E-state index contributed by atoms with van der Waals surface area (Å²) in [4.78, 5) is 29.4. The standard InChI is InChI=1S/C18H16N2O4S2/c1-24-16(22)9-13(15-3-2-8-25-15)19-17(23)14-10-26-18(20-14)11-4-6-12(21)7-5-11/h2-8,10,13,21H,9H2,1H3,(H,19,23)/t13-/m1/s1. The normalized spacial score (nSPS) is 11.7. The molecule has 0 radical (unpaired) electrons. The van der Waals surface area contributed by atoms with Crippen LogP contribution in [-0.2, 0) is 9.53 Å². The van der Waals surface area contributed by atoms with E-state index in [1.807, 2.05) is 17.5 Å². The molecule has 0 saturated carbocycles. The molecular formula is C18H16N2O4S2. The zero-order valence-electron chi connectivity index (χ0n) is 13.8. The van der Waals surface area contributed by atoms with Crippen molar-refractivity contribution in [2.45, 2.75) is 12.5 Å². The molecule has 134 valence electrons. The monoisotopic (exact) mass is 388 g/mol. The maximum Gasteiger partial charge on any atom is 0.307 e. The van der Waals surface area contributed by atoms with Gasteiger partial charge in [0.1, 0.15) is 16.5 Å². The lowest BCUT2D eigenvalue weighted by molar-refractivity contribution is -0.141. The number of carbonyl (C=O) groups excluding carboxylic acids is 2. The smallest absolute Gasteiger partial charge is 0.307 e. The van der Waals surface area contributed by atoms with Crippen LogP contribution >= 0.6 is 22.7 Å². The Kier molecular flexibility index (Phi) is 5.65. The molecule has 1 aromatic carbocycles. The third-order valence-electron chi connectivity index (χ3n) is 3.64. The molecule has 8 heteroatoms. The maximum absolute atomic E-state index is 12.6. The molecule has 0 fully saturated rings. The second-order valence-corrected chi connectivity index (χ2v) is 7.24. The number of thiophene rings is 1. The minimum absolute atomic E-state index is 0.0533. The first-order valence-corrected chi connectivity index (χ1v) is 9.48. The predicted molar refractivity (Wildman–Crippen MR) is 100 cm³/mol. The second kappa shape index (κ2) is 8.11. The van der Waals surface area contributed by atoms with Gasteiger partial charge >= 0.3 is 5.97 Å². The Hall–Kier alpha value is -2.71. The van der Waals surface area contributed by atoms with Crippen molar-refractivity contribution < 1.29 is 19.4 Å². The van der Waals surface area contributed by atoms with Crippen molar-refractivity contribution in [1.82, 2.24) is 10.3 Å². The first-order valence-electron chi connectivity index (χ1n) is 7.73. The van der Waals surface area contributed by atoms with E-state index in [2.05, 4.69) is 10.3 Å². The number of hydrogen-bond donors (Lipinski definition) is 2. The van der Waals surface area contributed by atoms with E-state index in [-0.39, 0.29) is 23.8 Å². The van der Waals surface area contributed by atoms with E-state index < -0.39 is 12.0 Å². The predicted octanol–water partition coefficient (Wildman–Crippen LogP) is 3.61. The number of phenolic OH excluding ortho intramolecular Hbond substituents is 1. The second-order valence-electron chi connectivity index (χ2n) is 5.41. The van der Waals surface area contributed by atoms with E-state index in [0.717, 1.165) is 10.4 Å². The summed E-state index contributed by atoms with van der Waals surface area (Å²) in [6.45, 7) is 0. The van der Waals surface area contributed by atoms with E-state index in [4.69, 9.17) is 4.74 Å². The molecule has 1 amide bonds. The topological polar surface area (TPSA) is 88.5 Å². The van der Waals surface area contributed by atoms with Crippen LogP contribution in [0.2, 0.25) is 0 Å². The van der Waals surface area contributed by atoms with Crippen LogP contribution in [0.5, 0.6) is 5.75 Å². The average molecular weight is 388 g/mol. The van der Waals surface area contributed by atoms with Gasteiger partial charge < -0.3 is 15.2 Å². The lowest BCUT2D eigenvalue weighted by atomic mass is 10.1. The minimum atomic E-state index is -0.464. The summed E-state index contributed by atoms with van der Waals surface area (Å²) in [7, 11) is 1.32. The summed E-state index contributed by atoms with van der Waals surface area (Å²) < 4.78 is 4.72. The van der Waals surface area contributed by atoms with Gasteiger partial charge in [-0.2, -0.15) is 0 Å². The van der Waals surface area contributed by atoms with Gasteiger partial charge in [-0.25, -0.2) is 4.98 Å². The Bertz CT molecular complexity index is 888. The van der Waals surface area contributed by atoms with E-state index in [1.165, 1.54) is 29.8 Å². The summed E-state index contributed by atoms with van der Waals surface area (Å²) in [5.41, 5.74) is 1.10. The minimum Gasteiger partial charge on any atom is -0.508 e. The molecule has 0 aliphatic rings. The van der Waals surface area contributed by atoms with Crippen LogP contribution < -0.4 is 5.32 Å². The first kappa shape index (κ1) is 18.1. The highest BCUT2D eigenvalue weighted by molar-refractivity contribution is 7.13. The fourth-order valence-electron chi connectivity index (χ4n) is 2.31. The van der Waals surface area contributed by atoms with Crippen molar-refractivity contribution in [3.8, 4) is 16.3 Å². The number of carbonyl (C=O) groups is 2. The Labute approximate surface area is 158 Å². The van der Waals surface area contributed by atoms with Gasteiger partial charge in [-0.3, -0.25) is 9.59 Å². The number of phenols is 1. The largest absolute Gasteiger partial charge is 0.508 e. The van der Waals surface area contributed by atoms with Gasteiger partial charge in [-0.05, 0) is 35.7 Å². The molecule has 0 unspecified atom stereocenters.